The Morgan fingerprint density at radius 3 is 2.38 bits per heavy atom. The van der Waals surface area contributed by atoms with E-state index in [0.29, 0.717) is 55.9 Å². The maximum Gasteiger partial charge on any atom is 0.306 e. The van der Waals surface area contributed by atoms with E-state index in [1.807, 2.05) is 40.9 Å². The molecule has 222 valence electrons. The second kappa shape index (κ2) is 12.2. The number of carboxylic acid groups (broad SMARTS) is 1. The lowest BCUT2D eigenvalue weighted by Crippen LogP contribution is -2.42. The van der Waals surface area contributed by atoms with Gasteiger partial charge < -0.3 is 9.84 Å². The monoisotopic (exact) mass is 571 g/mol. The van der Waals surface area contributed by atoms with Gasteiger partial charge in [-0.3, -0.25) is 24.2 Å². The van der Waals surface area contributed by atoms with Crippen molar-refractivity contribution < 1.29 is 19.4 Å². The summed E-state index contributed by atoms with van der Waals surface area (Å²) in [6.45, 7) is 2.61. The van der Waals surface area contributed by atoms with Crippen molar-refractivity contribution in [1.29, 1.82) is 0 Å². The quantitative estimate of drug-likeness (QED) is 0.326. The zero-order valence-electron chi connectivity index (χ0n) is 24.6. The minimum atomic E-state index is -0.753. The third-order valence-corrected chi connectivity index (χ3v) is 9.55. The van der Waals surface area contributed by atoms with Crippen LogP contribution in [0, 0.1) is 24.7 Å². The number of rotatable bonds is 9. The molecule has 0 bridgehead atoms. The minimum Gasteiger partial charge on any atom is -0.495 e. The van der Waals surface area contributed by atoms with Crippen LogP contribution in [0.3, 0.4) is 0 Å². The lowest BCUT2D eigenvalue weighted by atomic mass is 9.79. The number of carbonyl (C=O) groups is 2. The van der Waals surface area contributed by atoms with Gasteiger partial charge in [-0.05, 0) is 107 Å². The van der Waals surface area contributed by atoms with E-state index >= 15 is 0 Å². The zero-order chi connectivity index (χ0) is 29.2. The van der Waals surface area contributed by atoms with Gasteiger partial charge in [-0.1, -0.05) is 0 Å². The highest BCUT2D eigenvalue weighted by Crippen LogP contribution is 2.39. The van der Waals surface area contributed by atoms with Gasteiger partial charge in [-0.2, -0.15) is 5.10 Å². The third kappa shape index (κ3) is 6.20. The average molecular weight is 572 g/mol. The number of aromatic nitrogens is 4. The predicted molar refractivity (Wildman–Crippen MR) is 159 cm³/mol. The van der Waals surface area contributed by atoms with E-state index < -0.39 is 5.97 Å². The molecule has 42 heavy (non-hydrogen) atoms. The van der Waals surface area contributed by atoms with Crippen LogP contribution in [-0.4, -0.2) is 50.4 Å². The first-order chi connectivity index (χ1) is 20.4. The molecule has 3 fully saturated rings. The van der Waals surface area contributed by atoms with Crippen molar-refractivity contribution in [3.63, 3.8) is 0 Å². The van der Waals surface area contributed by atoms with E-state index in [4.69, 9.17) is 14.7 Å². The summed E-state index contributed by atoms with van der Waals surface area (Å²) in [7, 11) is 1.67. The minimum absolute atomic E-state index is 0.0757. The molecule has 0 unspecified atom stereocenters. The van der Waals surface area contributed by atoms with Crippen LogP contribution >= 0.6 is 0 Å². The lowest BCUT2D eigenvalue weighted by molar-refractivity contribution is -0.144. The first kappa shape index (κ1) is 28.4. The second-order valence-electron chi connectivity index (χ2n) is 12.4. The molecule has 9 heteroatoms. The number of pyridine rings is 2. The molecule has 3 saturated carbocycles. The summed E-state index contributed by atoms with van der Waals surface area (Å²) >= 11 is 0. The first-order valence-corrected chi connectivity index (χ1v) is 15.5. The van der Waals surface area contributed by atoms with E-state index in [0.717, 1.165) is 53.9 Å². The van der Waals surface area contributed by atoms with Crippen LogP contribution in [0.2, 0.25) is 0 Å². The second-order valence-corrected chi connectivity index (χ2v) is 12.4. The molecule has 6 rings (SSSR count). The lowest BCUT2D eigenvalue weighted by Gasteiger charge is -2.35. The summed E-state index contributed by atoms with van der Waals surface area (Å²) in [5.41, 5.74) is 4.07. The number of amides is 1. The molecule has 0 spiro atoms. The number of carboxylic acids is 1. The van der Waals surface area contributed by atoms with Gasteiger partial charge in [-0.15, -0.1) is 0 Å². The normalized spacial score (nSPS) is 24.2. The van der Waals surface area contributed by atoms with Gasteiger partial charge in [0, 0.05) is 42.0 Å². The van der Waals surface area contributed by atoms with Crippen molar-refractivity contribution >= 4 is 17.7 Å². The molecule has 1 N–H and O–H groups in total. The number of aliphatic carboxylic acids is 1. The Hall–Kier alpha value is -3.75. The summed E-state index contributed by atoms with van der Waals surface area (Å²) < 4.78 is 7.43. The van der Waals surface area contributed by atoms with Crippen molar-refractivity contribution in [3.8, 4) is 16.9 Å². The highest BCUT2D eigenvalue weighted by molar-refractivity contribution is 5.95. The van der Waals surface area contributed by atoms with Crippen LogP contribution in [0.4, 0.5) is 5.82 Å². The molecule has 0 aromatic carbocycles. The van der Waals surface area contributed by atoms with E-state index in [-0.39, 0.29) is 17.7 Å². The van der Waals surface area contributed by atoms with Crippen LogP contribution in [0.15, 0.2) is 42.9 Å². The van der Waals surface area contributed by atoms with Crippen LogP contribution in [0.25, 0.3) is 11.1 Å². The molecule has 0 aliphatic heterocycles. The maximum atomic E-state index is 14.1. The number of anilines is 1. The highest BCUT2D eigenvalue weighted by Gasteiger charge is 2.35. The largest absolute Gasteiger partial charge is 0.495 e. The van der Waals surface area contributed by atoms with Gasteiger partial charge in [0.2, 0.25) is 5.91 Å². The topological polar surface area (TPSA) is 110 Å². The summed E-state index contributed by atoms with van der Waals surface area (Å²) in [4.78, 5) is 37.0. The van der Waals surface area contributed by atoms with Crippen molar-refractivity contribution in [2.45, 2.75) is 83.1 Å². The molecular weight excluding hydrogens is 530 g/mol. The Bertz CT molecular complexity index is 1420. The Kier molecular flexibility index (Phi) is 8.27. The fraction of sp³-hybridized carbons (Fsp3) is 0.545. The van der Waals surface area contributed by atoms with Gasteiger partial charge in [0.15, 0.2) is 0 Å². The summed E-state index contributed by atoms with van der Waals surface area (Å²) in [6, 6.07) is 8.60. The molecule has 3 aliphatic rings. The molecule has 9 nitrogen and oxygen atoms in total. The van der Waals surface area contributed by atoms with Gasteiger partial charge in [-0.25, -0.2) is 4.98 Å². The fourth-order valence-corrected chi connectivity index (χ4v) is 6.79. The average Bonchev–Trinajstić information content (AvgIpc) is 3.75. The summed E-state index contributed by atoms with van der Waals surface area (Å²) in [6.07, 6.45) is 14.5. The smallest absolute Gasteiger partial charge is 0.306 e. The van der Waals surface area contributed by atoms with E-state index in [2.05, 4.69) is 17.4 Å². The number of aryl methyl sites for hydroxylation is 1. The van der Waals surface area contributed by atoms with Crippen LogP contribution < -0.4 is 9.64 Å². The van der Waals surface area contributed by atoms with Crippen molar-refractivity contribution in [2.24, 2.45) is 17.8 Å². The van der Waals surface area contributed by atoms with Crippen molar-refractivity contribution in [1.82, 2.24) is 19.7 Å². The highest BCUT2D eigenvalue weighted by atomic mass is 16.5. The Balaban J connectivity index is 1.19. The molecule has 0 atom stereocenters. The summed E-state index contributed by atoms with van der Waals surface area (Å²) in [5.74, 6) is 1.06. The SMILES string of the molecule is COc1ccc(C2CCC(CN(C(=O)C3CCC(C(=O)O)CC3)c3cc(-c4cnn(C5CC5)c4)ccn3)CC2)nc1C. The van der Waals surface area contributed by atoms with Crippen molar-refractivity contribution in [2.75, 3.05) is 18.6 Å². The van der Waals surface area contributed by atoms with E-state index in [9.17, 15) is 14.7 Å². The Morgan fingerprint density at radius 2 is 1.71 bits per heavy atom. The van der Waals surface area contributed by atoms with E-state index in [1.54, 1.807) is 13.3 Å². The molecule has 3 heterocycles. The predicted octanol–water partition coefficient (Wildman–Crippen LogP) is 6.19. The van der Waals surface area contributed by atoms with Crippen LogP contribution in [0.1, 0.15) is 87.6 Å². The van der Waals surface area contributed by atoms with Gasteiger partial charge in [0.1, 0.15) is 11.6 Å². The molecule has 1 amide bonds. The third-order valence-electron chi connectivity index (χ3n) is 9.55. The fourth-order valence-electron chi connectivity index (χ4n) is 6.79. The molecule has 3 aromatic rings. The Morgan fingerprint density at radius 1 is 0.976 bits per heavy atom. The van der Waals surface area contributed by atoms with Crippen LogP contribution in [0.5, 0.6) is 5.75 Å². The van der Waals surface area contributed by atoms with Crippen molar-refractivity contribution in [3.05, 3.63) is 54.2 Å². The number of hydrogen-bond donors (Lipinski definition) is 1. The first-order valence-electron chi connectivity index (χ1n) is 15.5. The number of carbonyl (C=O) groups excluding carboxylic acids is 1. The van der Waals surface area contributed by atoms with Gasteiger partial charge in [0.05, 0.1) is 31.0 Å². The van der Waals surface area contributed by atoms with Gasteiger partial charge >= 0.3 is 5.97 Å². The molecule has 3 aromatic heterocycles. The van der Waals surface area contributed by atoms with E-state index in [1.165, 1.54) is 12.8 Å². The maximum absolute atomic E-state index is 14.1. The number of ether oxygens (including phenoxy) is 1. The van der Waals surface area contributed by atoms with Crippen LogP contribution in [-0.2, 0) is 9.59 Å². The molecule has 0 saturated heterocycles. The standard InChI is InChI=1S/C33H41N5O4/c1-21-30(42-2)14-13-29(36-21)23-5-3-22(4-6-23)19-37(32(39)24-7-9-25(10-8-24)33(40)41)31-17-26(15-16-34-31)27-18-35-38(20-27)28-11-12-28/h13-18,20,22-25,28H,3-12,19H2,1-2H3,(H,40,41). The number of methoxy groups -OCH3 is 1. The van der Waals surface area contributed by atoms with Gasteiger partial charge in [0.25, 0.3) is 0 Å². The molecule has 3 aliphatic carbocycles. The molecular formula is C33H41N5O4. The zero-order valence-corrected chi connectivity index (χ0v) is 24.6. The summed E-state index contributed by atoms with van der Waals surface area (Å²) in [5, 5.41) is 14.0. The molecule has 0 radical (unpaired) electrons. The number of nitrogens with zero attached hydrogens (tertiary/aromatic N) is 5. The number of hydrogen-bond acceptors (Lipinski definition) is 6. The Labute approximate surface area is 247 Å².